The van der Waals surface area contributed by atoms with Gasteiger partial charge in [-0.05, 0) is 19.3 Å². The van der Waals surface area contributed by atoms with E-state index in [0.717, 1.165) is 39.0 Å². The van der Waals surface area contributed by atoms with Gasteiger partial charge in [0.1, 0.15) is 6.10 Å². The first-order valence-corrected chi connectivity index (χ1v) is 9.75. The van der Waals surface area contributed by atoms with Gasteiger partial charge in [0.05, 0.1) is 12.5 Å². The summed E-state index contributed by atoms with van der Waals surface area (Å²) in [5.74, 6) is 2.63. The third kappa shape index (κ3) is 3.03. The van der Waals surface area contributed by atoms with E-state index in [-0.39, 0.29) is 24.5 Å². The van der Waals surface area contributed by atoms with Gasteiger partial charge in [-0.2, -0.15) is 11.8 Å². The van der Waals surface area contributed by atoms with Gasteiger partial charge in [0.25, 0.3) is 0 Å². The summed E-state index contributed by atoms with van der Waals surface area (Å²) in [6, 6.07) is 0.322. The standard InChI is InChI=1S/C16H25NO4S/c18-14-9-11-12(20-14)10-13(21-15-3-1-2-6-19-15)16(11)17-4-7-22-8-5-17/h11-13,15-16H,1-10H2/t11-,12-,13+,15?,16+/m1/s1. The van der Waals surface area contributed by atoms with Gasteiger partial charge in [-0.3, -0.25) is 9.69 Å². The highest BCUT2D eigenvalue weighted by Crippen LogP contribution is 2.42. The molecule has 3 aliphatic heterocycles. The van der Waals surface area contributed by atoms with Gasteiger partial charge in [-0.15, -0.1) is 0 Å². The van der Waals surface area contributed by atoms with Crippen molar-refractivity contribution >= 4 is 17.7 Å². The topological polar surface area (TPSA) is 48.0 Å². The van der Waals surface area contributed by atoms with Crippen LogP contribution in [0.4, 0.5) is 0 Å². The highest BCUT2D eigenvalue weighted by atomic mass is 32.2. The fourth-order valence-electron chi connectivity index (χ4n) is 4.37. The van der Waals surface area contributed by atoms with Crippen molar-refractivity contribution in [1.82, 2.24) is 4.90 Å². The van der Waals surface area contributed by atoms with Crippen LogP contribution >= 0.6 is 11.8 Å². The van der Waals surface area contributed by atoms with E-state index in [0.29, 0.717) is 18.4 Å². The van der Waals surface area contributed by atoms with Crippen molar-refractivity contribution in [3.63, 3.8) is 0 Å². The minimum atomic E-state index is -0.0602. The molecule has 3 heterocycles. The van der Waals surface area contributed by atoms with Crippen molar-refractivity contribution in [1.29, 1.82) is 0 Å². The van der Waals surface area contributed by atoms with Gasteiger partial charge in [-0.1, -0.05) is 0 Å². The number of esters is 1. The van der Waals surface area contributed by atoms with Crippen LogP contribution in [-0.4, -0.2) is 66.6 Å². The maximum atomic E-state index is 11.7. The summed E-state index contributed by atoms with van der Waals surface area (Å²) < 4.78 is 17.6. The fourth-order valence-corrected chi connectivity index (χ4v) is 5.30. The summed E-state index contributed by atoms with van der Waals surface area (Å²) in [6.45, 7) is 3.00. The van der Waals surface area contributed by atoms with Crippen molar-refractivity contribution in [2.75, 3.05) is 31.2 Å². The Bertz CT molecular complexity index is 409. The molecule has 3 saturated heterocycles. The number of nitrogens with zero attached hydrogens (tertiary/aromatic N) is 1. The second-order valence-electron chi connectivity index (χ2n) is 6.74. The molecule has 6 heteroatoms. The van der Waals surface area contributed by atoms with Gasteiger partial charge in [0.15, 0.2) is 6.29 Å². The molecule has 0 aromatic heterocycles. The lowest BCUT2D eigenvalue weighted by molar-refractivity contribution is -0.198. The summed E-state index contributed by atoms with van der Waals surface area (Å²) >= 11 is 2.01. The lowest BCUT2D eigenvalue weighted by Crippen LogP contribution is -2.50. The Labute approximate surface area is 136 Å². The SMILES string of the molecule is O=C1C[C@H]2[C@H](N3CCSCC3)[C@@H](OC3CCCCO3)C[C@H]2O1. The first-order valence-electron chi connectivity index (χ1n) is 8.59. The van der Waals surface area contributed by atoms with E-state index in [1.54, 1.807) is 0 Å². The Morgan fingerprint density at radius 1 is 1.23 bits per heavy atom. The number of thioether (sulfide) groups is 1. The molecule has 1 unspecified atom stereocenters. The van der Waals surface area contributed by atoms with Crippen molar-refractivity contribution in [2.45, 2.75) is 56.6 Å². The molecular formula is C16H25NO4S. The van der Waals surface area contributed by atoms with Crippen molar-refractivity contribution in [3.05, 3.63) is 0 Å². The molecular weight excluding hydrogens is 302 g/mol. The van der Waals surface area contributed by atoms with E-state index in [1.807, 2.05) is 11.8 Å². The van der Waals surface area contributed by atoms with E-state index >= 15 is 0 Å². The van der Waals surface area contributed by atoms with E-state index in [9.17, 15) is 4.79 Å². The first-order chi connectivity index (χ1) is 10.8. The molecule has 4 aliphatic rings. The van der Waals surface area contributed by atoms with Gasteiger partial charge in [0, 0.05) is 49.6 Å². The van der Waals surface area contributed by atoms with Gasteiger partial charge >= 0.3 is 5.97 Å². The molecule has 0 aromatic carbocycles. The molecule has 1 saturated carbocycles. The lowest BCUT2D eigenvalue weighted by atomic mass is 9.97. The number of fused-ring (bicyclic) bond motifs is 1. The Hall–Kier alpha value is -0.300. The third-order valence-corrected chi connectivity index (χ3v) is 6.32. The van der Waals surface area contributed by atoms with Gasteiger partial charge in [-0.25, -0.2) is 0 Å². The highest BCUT2D eigenvalue weighted by Gasteiger charge is 2.53. The van der Waals surface area contributed by atoms with Gasteiger partial charge < -0.3 is 14.2 Å². The molecule has 0 bridgehead atoms. The molecule has 0 spiro atoms. The van der Waals surface area contributed by atoms with Crippen LogP contribution in [0.25, 0.3) is 0 Å². The van der Waals surface area contributed by atoms with Crippen LogP contribution in [0.2, 0.25) is 0 Å². The fraction of sp³-hybridized carbons (Fsp3) is 0.938. The Morgan fingerprint density at radius 2 is 2.09 bits per heavy atom. The van der Waals surface area contributed by atoms with E-state index in [1.165, 1.54) is 17.9 Å². The number of carbonyl (C=O) groups is 1. The molecule has 4 fully saturated rings. The minimum absolute atomic E-state index is 0.0289. The Kier molecular flexibility index (Phi) is 4.62. The van der Waals surface area contributed by atoms with Crippen LogP contribution in [-0.2, 0) is 19.0 Å². The molecule has 5 atom stereocenters. The molecule has 0 radical (unpaired) electrons. The quantitative estimate of drug-likeness (QED) is 0.735. The first kappa shape index (κ1) is 15.2. The monoisotopic (exact) mass is 327 g/mol. The molecule has 1 aliphatic carbocycles. The number of hydrogen-bond acceptors (Lipinski definition) is 6. The van der Waals surface area contributed by atoms with Crippen molar-refractivity contribution in [3.8, 4) is 0 Å². The minimum Gasteiger partial charge on any atom is -0.462 e. The molecule has 0 aromatic rings. The zero-order valence-electron chi connectivity index (χ0n) is 12.9. The maximum Gasteiger partial charge on any atom is 0.306 e. The normalized spacial score (nSPS) is 43.1. The van der Waals surface area contributed by atoms with Crippen LogP contribution in [0.3, 0.4) is 0 Å². The third-order valence-electron chi connectivity index (χ3n) is 5.38. The average molecular weight is 327 g/mol. The average Bonchev–Trinajstić information content (AvgIpc) is 3.04. The highest BCUT2D eigenvalue weighted by molar-refractivity contribution is 7.99. The van der Waals surface area contributed by atoms with Crippen molar-refractivity contribution in [2.24, 2.45) is 5.92 Å². The van der Waals surface area contributed by atoms with E-state index in [2.05, 4.69) is 4.90 Å². The number of hydrogen-bond donors (Lipinski definition) is 0. The summed E-state index contributed by atoms with van der Waals surface area (Å²) in [4.78, 5) is 14.2. The van der Waals surface area contributed by atoms with Gasteiger partial charge in [0.2, 0.25) is 0 Å². The predicted octanol–water partition coefficient (Wildman–Crippen LogP) is 1.65. The zero-order valence-corrected chi connectivity index (χ0v) is 13.8. The van der Waals surface area contributed by atoms with Crippen LogP contribution in [0.15, 0.2) is 0 Å². The smallest absolute Gasteiger partial charge is 0.306 e. The lowest BCUT2D eigenvalue weighted by Gasteiger charge is -2.38. The molecule has 0 N–H and O–H groups in total. The zero-order chi connectivity index (χ0) is 14.9. The Morgan fingerprint density at radius 3 is 2.86 bits per heavy atom. The van der Waals surface area contributed by atoms with Crippen LogP contribution in [0.1, 0.15) is 32.1 Å². The molecule has 4 rings (SSSR count). The summed E-state index contributed by atoms with van der Waals surface area (Å²) in [7, 11) is 0. The Balaban J connectivity index is 1.47. The van der Waals surface area contributed by atoms with Crippen LogP contribution in [0, 0.1) is 5.92 Å². The van der Waals surface area contributed by atoms with E-state index in [4.69, 9.17) is 14.2 Å². The summed E-state index contributed by atoms with van der Waals surface area (Å²) in [6.07, 6.45) is 4.86. The number of rotatable bonds is 3. The van der Waals surface area contributed by atoms with Crippen LogP contribution < -0.4 is 0 Å². The maximum absolute atomic E-state index is 11.7. The second-order valence-corrected chi connectivity index (χ2v) is 7.97. The van der Waals surface area contributed by atoms with Crippen molar-refractivity contribution < 1.29 is 19.0 Å². The molecule has 0 amide bonds. The predicted molar refractivity (Wildman–Crippen MR) is 83.8 cm³/mol. The van der Waals surface area contributed by atoms with E-state index < -0.39 is 0 Å². The second kappa shape index (κ2) is 6.67. The number of ether oxygens (including phenoxy) is 3. The molecule has 5 nitrogen and oxygen atoms in total. The largest absolute Gasteiger partial charge is 0.462 e. The summed E-state index contributed by atoms with van der Waals surface area (Å²) in [5.41, 5.74) is 0. The van der Waals surface area contributed by atoms with Crippen LogP contribution in [0.5, 0.6) is 0 Å². The molecule has 22 heavy (non-hydrogen) atoms. The summed E-state index contributed by atoms with van der Waals surface area (Å²) in [5, 5.41) is 0. The number of carbonyl (C=O) groups excluding carboxylic acids is 1. The molecule has 124 valence electrons.